The number of carboxylic acid groups (broad SMARTS) is 1. The third-order valence-electron chi connectivity index (χ3n) is 5.01. The molecule has 2 fully saturated rings. The van der Waals surface area contributed by atoms with Gasteiger partial charge in [-0.1, -0.05) is 0 Å². The zero-order valence-corrected chi connectivity index (χ0v) is 14.3. The fourth-order valence-corrected chi connectivity index (χ4v) is 4.51. The van der Waals surface area contributed by atoms with Gasteiger partial charge in [0.05, 0.1) is 11.7 Å². The number of aliphatic carboxylic acids is 1. The summed E-state index contributed by atoms with van der Waals surface area (Å²) in [6.07, 6.45) is 3.71. The molecule has 0 aromatic carbocycles. The van der Waals surface area contributed by atoms with E-state index in [1.807, 2.05) is 0 Å². The van der Waals surface area contributed by atoms with Crippen LogP contribution in [0.2, 0.25) is 0 Å². The molecule has 0 bridgehead atoms. The first-order valence-corrected chi connectivity index (χ1v) is 9.95. The van der Waals surface area contributed by atoms with Crippen molar-refractivity contribution in [1.29, 1.82) is 0 Å². The molecular weight excluding hydrogens is 320 g/mol. The van der Waals surface area contributed by atoms with Crippen LogP contribution in [0.5, 0.6) is 0 Å². The quantitative estimate of drug-likeness (QED) is 0.766. The van der Waals surface area contributed by atoms with Crippen molar-refractivity contribution in [3.8, 4) is 0 Å². The van der Waals surface area contributed by atoms with Crippen molar-refractivity contribution in [3.05, 3.63) is 0 Å². The lowest BCUT2D eigenvalue weighted by Crippen LogP contribution is -2.46. The Morgan fingerprint density at radius 3 is 2.09 bits per heavy atom. The van der Waals surface area contributed by atoms with Gasteiger partial charge in [0.1, 0.15) is 0 Å². The Bertz CT molecular complexity index is 532. The summed E-state index contributed by atoms with van der Waals surface area (Å²) in [5.74, 6) is -1.10. The van der Waals surface area contributed by atoms with E-state index in [1.54, 1.807) is 6.92 Å². The Hall–Kier alpha value is -1.15. The van der Waals surface area contributed by atoms with Crippen LogP contribution in [0.4, 0.5) is 0 Å². The van der Waals surface area contributed by atoms with Gasteiger partial charge in [-0.05, 0) is 45.4 Å². The molecule has 0 unspecified atom stereocenters. The first-order chi connectivity index (χ1) is 10.8. The van der Waals surface area contributed by atoms with Gasteiger partial charge in [0.2, 0.25) is 15.9 Å². The first kappa shape index (κ1) is 18.2. The van der Waals surface area contributed by atoms with Gasteiger partial charge in [-0.2, -0.15) is 0 Å². The van der Waals surface area contributed by atoms with E-state index in [4.69, 9.17) is 5.11 Å². The third-order valence-corrected chi connectivity index (χ3v) is 6.89. The van der Waals surface area contributed by atoms with E-state index in [-0.39, 0.29) is 29.5 Å². The van der Waals surface area contributed by atoms with Crippen molar-refractivity contribution in [3.63, 3.8) is 0 Å². The lowest BCUT2D eigenvalue weighted by atomic mass is 9.85. The zero-order valence-electron chi connectivity index (χ0n) is 13.5. The highest BCUT2D eigenvalue weighted by Gasteiger charge is 2.32. The molecular formula is C15H26N2O5S. The summed E-state index contributed by atoms with van der Waals surface area (Å²) in [5.41, 5.74) is 0. The van der Waals surface area contributed by atoms with Crippen LogP contribution in [-0.4, -0.2) is 54.6 Å². The number of nitrogens with zero attached hydrogens (tertiary/aromatic N) is 1. The number of carbonyl (C=O) groups excluding carboxylic acids is 1. The summed E-state index contributed by atoms with van der Waals surface area (Å²) < 4.78 is 25.1. The number of hydrogen-bond donors (Lipinski definition) is 2. The fraction of sp³-hybridized carbons (Fsp3) is 0.867. The van der Waals surface area contributed by atoms with Crippen LogP contribution in [0.15, 0.2) is 0 Å². The van der Waals surface area contributed by atoms with Crippen molar-refractivity contribution >= 4 is 21.9 Å². The van der Waals surface area contributed by atoms with E-state index < -0.39 is 16.0 Å². The Kier molecular flexibility index (Phi) is 6.02. The molecule has 8 heteroatoms. The molecule has 2 aliphatic rings. The van der Waals surface area contributed by atoms with Gasteiger partial charge in [0.15, 0.2) is 0 Å². The maximum atomic E-state index is 12.3. The molecule has 0 aromatic heterocycles. The monoisotopic (exact) mass is 346 g/mol. The van der Waals surface area contributed by atoms with Crippen molar-refractivity contribution in [2.45, 2.75) is 51.5 Å². The van der Waals surface area contributed by atoms with Gasteiger partial charge in [-0.25, -0.2) is 12.7 Å². The van der Waals surface area contributed by atoms with Crippen LogP contribution in [0.3, 0.4) is 0 Å². The highest BCUT2D eigenvalue weighted by molar-refractivity contribution is 7.89. The van der Waals surface area contributed by atoms with Crippen LogP contribution in [0.1, 0.15) is 45.4 Å². The lowest BCUT2D eigenvalue weighted by molar-refractivity contribution is -0.142. The van der Waals surface area contributed by atoms with E-state index in [0.717, 1.165) is 0 Å². The second kappa shape index (κ2) is 7.61. The predicted octanol–water partition coefficient (Wildman–Crippen LogP) is 0.808. The zero-order chi connectivity index (χ0) is 17.0. The normalized spacial score (nSPS) is 27.5. The van der Waals surface area contributed by atoms with Gasteiger partial charge >= 0.3 is 5.97 Å². The maximum Gasteiger partial charge on any atom is 0.306 e. The number of rotatable bonds is 5. The summed E-state index contributed by atoms with van der Waals surface area (Å²) in [4.78, 5) is 23.2. The number of carbonyl (C=O) groups is 2. The number of amides is 1. The van der Waals surface area contributed by atoms with E-state index in [0.29, 0.717) is 51.6 Å². The Balaban J connectivity index is 1.77. The smallest absolute Gasteiger partial charge is 0.306 e. The summed E-state index contributed by atoms with van der Waals surface area (Å²) in [5, 5.41) is 12.0. The van der Waals surface area contributed by atoms with Crippen molar-refractivity contribution in [2.24, 2.45) is 11.8 Å². The predicted molar refractivity (Wildman–Crippen MR) is 85.3 cm³/mol. The first-order valence-electron chi connectivity index (χ1n) is 8.34. The Labute approximate surface area is 137 Å². The molecule has 1 aliphatic carbocycles. The molecule has 1 saturated carbocycles. The number of sulfonamides is 1. The molecule has 2 rings (SSSR count). The lowest BCUT2D eigenvalue weighted by Gasteiger charge is -2.32. The maximum absolute atomic E-state index is 12.3. The number of carboxylic acids is 1. The molecule has 132 valence electrons. The second-order valence-corrected chi connectivity index (χ2v) is 8.73. The highest BCUT2D eigenvalue weighted by Crippen LogP contribution is 2.26. The summed E-state index contributed by atoms with van der Waals surface area (Å²) >= 11 is 0. The molecule has 2 N–H and O–H groups in total. The van der Waals surface area contributed by atoms with E-state index in [1.165, 1.54) is 4.31 Å². The van der Waals surface area contributed by atoms with E-state index in [2.05, 4.69) is 5.32 Å². The van der Waals surface area contributed by atoms with Crippen LogP contribution in [0.25, 0.3) is 0 Å². The molecule has 1 heterocycles. The minimum atomic E-state index is -3.17. The standard InChI is InChI=1S/C15H26N2O5S/c1-2-23(21,22)17-9-7-11(8-10-17)14(18)16-13-5-3-12(4-6-13)15(19)20/h11-13H,2-10H2,1H3,(H,16,18)(H,19,20). The average Bonchev–Trinajstić information content (AvgIpc) is 2.55. The van der Waals surface area contributed by atoms with Crippen molar-refractivity contribution < 1.29 is 23.1 Å². The molecule has 23 heavy (non-hydrogen) atoms. The average molecular weight is 346 g/mol. The van der Waals surface area contributed by atoms with Crippen LogP contribution in [-0.2, 0) is 19.6 Å². The number of hydrogen-bond acceptors (Lipinski definition) is 4. The number of piperidine rings is 1. The molecule has 0 spiro atoms. The van der Waals surface area contributed by atoms with Crippen LogP contribution < -0.4 is 5.32 Å². The fourth-order valence-electron chi connectivity index (χ4n) is 3.38. The Morgan fingerprint density at radius 1 is 1.04 bits per heavy atom. The summed E-state index contributed by atoms with van der Waals surface area (Å²) in [6, 6.07) is 0.0514. The van der Waals surface area contributed by atoms with Crippen LogP contribution >= 0.6 is 0 Å². The van der Waals surface area contributed by atoms with Gasteiger partial charge in [-0.15, -0.1) is 0 Å². The summed E-state index contributed by atoms with van der Waals surface area (Å²) in [6.45, 7) is 2.43. The van der Waals surface area contributed by atoms with Crippen molar-refractivity contribution in [2.75, 3.05) is 18.8 Å². The molecule has 1 aliphatic heterocycles. The van der Waals surface area contributed by atoms with Gasteiger partial charge < -0.3 is 10.4 Å². The molecule has 1 amide bonds. The second-order valence-electron chi connectivity index (χ2n) is 6.47. The van der Waals surface area contributed by atoms with Gasteiger partial charge in [0.25, 0.3) is 0 Å². The minimum Gasteiger partial charge on any atom is -0.481 e. The van der Waals surface area contributed by atoms with Crippen LogP contribution in [0, 0.1) is 11.8 Å². The third kappa shape index (κ3) is 4.67. The largest absolute Gasteiger partial charge is 0.481 e. The summed E-state index contributed by atoms with van der Waals surface area (Å²) in [7, 11) is -3.17. The van der Waals surface area contributed by atoms with Crippen molar-refractivity contribution in [1.82, 2.24) is 9.62 Å². The topological polar surface area (TPSA) is 104 Å². The molecule has 0 radical (unpaired) electrons. The Morgan fingerprint density at radius 2 is 1.61 bits per heavy atom. The van der Waals surface area contributed by atoms with E-state index in [9.17, 15) is 18.0 Å². The SMILES string of the molecule is CCS(=O)(=O)N1CCC(C(=O)NC2CCC(C(=O)O)CC2)CC1. The molecule has 7 nitrogen and oxygen atoms in total. The van der Waals surface area contributed by atoms with Gasteiger partial charge in [-0.3, -0.25) is 9.59 Å². The highest BCUT2D eigenvalue weighted by atomic mass is 32.2. The molecule has 0 atom stereocenters. The number of nitrogens with one attached hydrogen (secondary N) is 1. The van der Waals surface area contributed by atoms with Gasteiger partial charge in [0, 0.05) is 25.0 Å². The van der Waals surface area contributed by atoms with E-state index >= 15 is 0 Å². The molecule has 1 saturated heterocycles. The minimum absolute atomic E-state index is 0.0164. The molecule has 0 aromatic rings.